The second-order valence-electron chi connectivity index (χ2n) is 13.5. The number of piperidine rings is 1. The highest BCUT2D eigenvalue weighted by atomic mass is 16.3. The van der Waals surface area contributed by atoms with Crippen LogP contribution in [0, 0.1) is 17.8 Å². The van der Waals surface area contributed by atoms with Crippen molar-refractivity contribution in [3.63, 3.8) is 0 Å². The molecule has 1 fully saturated rings. The molecule has 1 aromatic carbocycles. The van der Waals surface area contributed by atoms with E-state index >= 15 is 0 Å². The number of nitrogens with one attached hydrogen (secondary N) is 2. The van der Waals surface area contributed by atoms with Crippen LogP contribution >= 0.6 is 0 Å². The maximum Gasteiger partial charge on any atom is 0.167 e. The highest BCUT2D eigenvalue weighted by Gasteiger charge is 2.39. The number of nitrogens with zero attached hydrogens (tertiary/aromatic N) is 1. The van der Waals surface area contributed by atoms with Crippen LogP contribution in [-0.4, -0.2) is 82.6 Å². The summed E-state index contributed by atoms with van der Waals surface area (Å²) < 4.78 is 0. The normalized spacial score (nSPS) is 21.3. The van der Waals surface area contributed by atoms with Crippen molar-refractivity contribution in [2.45, 2.75) is 96.7 Å². The number of Topliss-reactive ketones (excluding diaryl/α,β-unsaturated/α-hetero) is 3. The van der Waals surface area contributed by atoms with Crippen LogP contribution in [0.2, 0.25) is 0 Å². The molecule has 1 saturated heterocycles. The molecule has 3 rings (SSSR count). The van der Waals surface area contributed by atoms with Crippen molar-refractivity contribution < 1.29 is 38.0 Å². The third-order valence-corrected chi connectivity index (χ3v) is 8.40. The van der Waals surface area contributed by atoms with Gasteiger partial charge in [0, 0.05) is 58.7 Å². The number of anilines is 2. The molecule has 2 aliphatic rings. The number of aliphatic hydroxyl groups excluding tert-OH is 2. The molecule has 0 radical (unpaired) electrons. The van der Waals surface area contributed by atoms with Crippen LogP contribution in [0.4, 0.5) is 11.4 Å². The zero-order valence-electron chi connectivity index (χ0n) is 25.8. The Hall–Kier alpha value is -2.53. The summed E-state index contributed by atoms with van der Waals surface area (Å²) in [5, 5.41) is 38.3. The van der Waals surface area contributed by atoms with Crippen LogP contribution in [0.25, 0.3) is 0 Å². The fourth-order valence-electron chi connectivity index (χ4n) is 7.22. The number of hydrogen-bond acceptors (Lipinski definition) is 9. The third-order valence-electron chi connectivity index (χ3n) is 8.40. The van der Waals surface area contributed by atoms with Crippen LogP contribution in [0.3, 0.4) is 0 Å². The van der Waals surface area contributed by atoms with E-state index in [-0.39, 0.29) is 79.8 Å². The van der Waals surface area contributed by atoms with Gasteiger partial charge in [-0.1, -0.05) is 0 Å². The monoisotopic (exact) mass is 581 g/mol. The van der Waals surface area contributed by atoms with Gasteiger partial charge < -0.3 is 36.3 Å². The van der Waals surface area contributed by atoms with Crippen molar-refractivity contribution in [2.75, 3.05) is 37.5 Å². The molecule has 0 amide bonds. The molecule has 3 unspecified atom stereocenters. The van der Waals surface area contributed by atoms with E-state index in [1.54, 1.807) is 0 Å². The molecule has 0 spiro atoms. The lowest BCUT2D eigenvalue weighted by Gasteiger charge is -2.47. The molecular weight excluding hydrogens is 526 g/mol. The quantitative estimate of drug-likeness (QED) is 0.184. The van der Waals surface area contributed by atoms with E-state index in [2.05, 4.69) is 38.3 Å². The average Bonchev–Trinajstić information content (AvgIpc) is 2.78. The minimum absolute atomic E-state index is 0. The molecule has 10 heteroatoms. The molecule has 10 nitrogen and oxygen atoms in total. The Kier molecular flexibility index (Phi) is 11.5. The van der Waals surface area contributed by atoms with E-state index in [0.717, 1.165) is 24.1 Å². The highest BCUT2D eigenvalue weighted by molar-refractivity contribution is 6.04. The standard InChI is InChI=1S/C31H49N3O6.H2O.2H2/c1-18(37)10-26(38)23(17-36)20(8-9-35)11-19-12-22-25(34(6)7)14-24(29(40)28(22)27(39)13-19)32-21-15-30(2,3)33-31(4,5)16-21;;;/h14,19-21,23,32-33,35-36,40H,8-13,15-17H2,1-7H3;1H2;2*1H. The molecule has 0 aromatic heterocycles. The summed E-state index contributed by atoms with van der Waals surface area (Å²) in [6, 6.07) is 2.03. The number of phenolic OH excluding ortho intramolecular Hbond substituents is 1. The Labute approximate surface area is 247 Å². The van der Waals surface area contributed by atoms with Gasteiger partial charge in [-0.25, -0.2) is 0 Å². The number of hydrogen-bond donors (Lipinski definition) is 5. The average molecular weight is 582 g/mol. The molecule has 0 bridgehead atoms. The molecule has 7 N–H and O–H groups in total. The lowest BCUT2D eigenvalue weighted by Crippen LogP contribution is -2.60. The number of rotatable bonds is 12. The topological polar surface area (TPSA) is 171 Å². The minimum atomic E-state index is -0.765. The molecule has 41 heavy (non-hydrogen) atoms. The predicted octanol–water partition coefficient (Wildman–Crippen LogP) is 3.14. The van der Waals surface area contributed by atoms with E-state index in [1.807, 2.05) is 25.1 Å². The SMILES string of the molecule is CC(=O)CC(=O)C(CO)C(CCO)CC1CC(=O)c2c(O)c(NC3CC(C)(C)NC(C)(C)C3)cc(N(C)C)c2C1.O.[HH].[HH]. The number of aromatic hydroxyl groups is 1. The van der Waals surface area contributed by atoms with Crippen molar-refractivity contribution in [1.29, 1.82) is 0 Å². The van der Waals surface area contributed by atoms with Gasteiger partial charge in [0.25, 0.3) is 0 Å². The van der Waals surface area contributed by atoms with E-state index in [0.29, 0.717) is 30.5 Å². The Morgan fingerprint density at radius 1 is 1.15 bits per heavy atom. The second-order valence-corrected chi connectivity index (χ2v) is 13.5. The summed E-state index contributed by atoms with van der Waals surface area (Å²) in [5.41, 5.74) is 2.37. The summed E-state index contributed by atoms with van der Waals surface area (Å²) in [5.74, 6) is -2.01. The van der Waals surface area contributed by atoms with Gasteiger partial charge in [-0.05, 0) is 90.2 Å². The van der Waals surface area contributed by atoms with Gasteiger partial charge in [-0.15, -0.1) is 0 Å². The van der Waals surface area contributed by atoms with Crippen LogP contribution in [-0.2, 0) is 16.0 Å². The first-order valence-corrected chi connectivity index (χ1v) is 14.5. The van der Waals surface area contributed by atoms with Crippen LogP contribution in [0.1, 0.15) is 91.9 Å². The molecule has 3 atom stereocenters. The van der Waals surface area contributed by atoms with Gasteiger partial charge in [0.15, 0.2) is 5.78 Å². The lowest BCUT2D eigenvalue weighted by atomic mass is 9.73. The first kappa shape index (κ1) is 34.7. The molecule has 0 saturated carbocycles. The lowest BCUT2D eigenvalue weighted by molar-refractivity contribution is -0.131. The fraction of sp³-hybridized carbons (Fsp3) is 0.710. The zero-order chi connectivity index (χ0) is 30.0. The number of benzene rings is 1. The summed E-state index contributed by atoms with van der Waals surface area (Å²) in [7, 11) is 3.83. The number of ketones is 3. The Balaban J connectivity index is 0.00000588. The van der Waals surface area contributed by atoms with Crippen molar-refractivity contribution in [3.05, 3.63) is 17.2 Å². The Morgan fingerprint density at radius 3 is 2.27 bits per heavy atom. The van der Waals surface area contributed by atoms with E-state index < -0.39 is 12.5 Å². The first-order chi connectivity index (χ1) is 18.6. The Bertz CT molecular complexity index is 1110. The summed E-state index contributed by atoms with van der Waals surface area (Å²) in [6.07, 6.45) is 2.95. The summed E-state index contributed by atoms with van der Waals surface area (Å²) in [6.45, 7) is 9.46. The fourth-order valence-corrected chi connectivity index (χ4v) is 7.22. The van der Waals surface area contributed by atoms with Gasteiger partial charge in [0.1, 0.15) is 17.3 Å². The maximum atomic E-state index is 13.6. The first-order valence-electron chi connectivity index (χ1n) is 14.5. The number of fused-ring (bicyclic) bond motifs is 1. The smallest absolute Gasteiger partial charge is 0.167 e. The van der Waals surface area contributed by atoms with Gasteiger partial charge in [0.2, 0.25) is 0 Å². The van der Waals surface area contributed by atoms with Gasteiger partial charge in [-0.2, -0.15) is 0 Å². The minimum Gasteiger partial charge on any atom is -0.505 e. The van der Waals surface area contributed by atoms with E-state index in [4.69, 9.17) is 0 Å². The molecule has 1 aliphatic heterocycles. The molecule has 1 aliphatic carbocycles. The maximum absolute atomic E-state index is 13.6. The van der Waals surface area contributed by atoms with E-state index in [1.165, 1.54) is 6.92 Å². The van der Waals surface area contributed by atoms with Gasteiger partial charge in [0.05, 0.1) is 24.3 Å². The van der Waals surface area contributed by atoms with Crippen LogP contribution in [0.5, 0.6) is 5.75 Å². The molecular formula is C31H55N3O7. The van der Waals surface area contributed by atoms with Crippen LogP contribution < -0.4 is 15.5 Å². The van der Waals surface area contributed by atoms with Crippen molar-refractivity contribution in [2.24, 2.45) is 17.8 Å². The van der Waals surface area contributed by atoms with Crippen molar-refractivity contribution in [1.82, 2.24) is 5.32 Å². The third kappa shape index (κ3) is 8.50. The molecule has 1 aromatic rings. The van der Waals surface area contributed by atoms with E-state index in [9.17, 15) is 29.7 Å². The zero-order valence-corrected chi connectivity index (χ0v) is 25.8. The molecule has 1 heterocycles. The largest absolute Gasteiger partial charge is 0.505 e. The van der Waals surface area contributed by atoms with Gasteiger partial charge in [-0.3, -0.25) is 14.4 Å². The highest BCUT2D eigenvalue weighted by Crippen LogP contribution is 2.45. The molecule has 236 valence electrons. The second kappa shape index (κ2) is 13.6. The Morgan fingerprint density at radius 2 is 1.76 bits per heavy atom. The number of phenols is 1. The predicted molar refractivity (Wildman–Crippen MR) is 165 cm³/mol. The number of aliphatic hydroxyl groups is 2. The summed E-state index contributed by atoms with van der Waals surface area (Å²) in [4.78, 5) is 39.8. The van der Waals surface area contributed by atoms with Crippen molar-refractivity contribution in [3.8, 4) is 5.75 Å². The van der Waals surface area contributed by atoms with Crippen LogP contribution in [0.15, 0.2) is 6.07 Å². The summed E-state index contributed by atoms with van der Waals surface area (Å²) >= 11 is 0. The van der Waals surface area contributed by atoms with Crippen molar-refractivity contribution >= 4 is 28.7 Å². The van der Waals surface area contributed by atoms with Gasteiger partial charge >= 0.3 is 0 Å². The number of carbonyl (C=O) groups is 3. The number of carbonyl (C=O) groups excluding carboxylic acids is 3.